The predicted molar refractivity (Wildman–Crippen MR) is 138 cm³/mol. The summed E-state index contributed by atoms with van der Waals surface area (Å²) in [4.78, 5) is 34.2. The maximum atomic E-state index is 13.7. The fourth-order valence-corrected chi connectivity index (χ4v) is 5.40. The molecule has 2 aromatic heterocycles. The summed E-state index contributed by atoms with van der Waals surface area (Å²) in [5.74, 6) is -0.455. The lowest BCUT2D eigenvalue weighted by molar-refractivity contribution is -0.139. The molecule has 0 aliphatic carbocycles. The largest absolute Gasteiger partial charge is 0.463 e. The van der Waals surface area contributed by atoms with E-state index in [0.717, 1.165) is 35.6 Å². The third-order valence-corrected chi connectivity index (χ3v) is 7.40. The molecule has 0 bridgehead atoms. The van der Waals surface area contributed by atoms with Gasteiger partial charge in [0.15, 0.2) is 4.80 Å². The van der Waals surface area contributed by atoms with E-state index in [9.17, 15) is 9.59 Å². The van der Waals surface area contributed by atoms with E-state index in [-0.39, 0.29) is 12.2 Å². The number of aryl methyl sites for hydroxylation is 1. The second kappa shape index (κ2) is 10.0. The Labute approximate surface area is 208 Å². The van der Waals surface area contributed by atoms with Crippen molar-refractivity contribution in [3.63, 3.8) is 0 Å². The first kappa shape index (κ1) is 24.7. The van der Waals surface area contributed by atoms with Gasteiger partial charge in [-0.05, 0) is 58.4 Å². The molecule has 0 spiro atoms. The summed E-state index contributed by atoms with van der Waals surface area (Å²) < 4.78 is 9.31. The van der Waals surface area contributed by atoms with Gasteiger partial charge in [-0.2, -0.15) is 5.10 Å². The number of ether oxygens (including phenoxy) is 1. The summed E-state index contributed by atoms with van der Waals surface area (Å²) in [5.41, 5.74) is 4.52. The zero-order chi connectivity index (χ0) is 25.3. The summed E-state index contributed by atoms with van der Waals surface area (Å²) in [6.45, 7) is 11.8. The van der Waals surface area contributed by atoms with E-state index in [1.165, 1.54) is 11.3 Å². The maximum absolute atomic E-state index is 13.7. The zero-order valence-corrected chi connectivity index (χ0v) is 21.8. The fourth-order valence-electron chi connectivity index (χ4n) is 4.36. The number of allylic oxidation sites excluding steroid dienone is 1. The highest BCUT2D eigenvalue weighted by atomic mass is 32.1. The van der Waals surface area contributed by atoms with Crippen LogP contribution in [0.5, 0.6) is 0 Å². The number of carbonyl (C=O) groups is 1. The molecule has 4 rings (SSSR count). The van der Waals surface area contributed by atoms with Gasteiger partial charge in [-0.25, -0.2) is 9.79 Å². The van der Waals surface area contributed by atoms with Crippen molar-refractivity contribution in [3.8, 4) is 0 Å². The standard InChI is InChI=1S/C26H31N5O3S/c1-7-30(8-2)20-12-10-18(11-13-20)23-22(25(33)34-9-3)16(4)28-26-31(23)24(32)21(35-26)14-19-15-27-29(6)17(19)5/h10-15,23H,7-9H2,1-6H3/b21-14+/t23-/m1/s1. The number of aromatic nitrogens is 3. The average molecular weight is 494 g/mol. The number of benzene rings is 1. The van der Waals surface area contributed by atoms with Gasteiger partial charge in [0.1, 0.15) is 0 Å². The van der Waals surface area contributed by atoms with Gasteiger partial charge in [0, 0.05) is 37.1 Å². The Balaban J connectivity index is 1.91. The third kappa shape index (κ3) is 4.48. The lowest BCUT2D eigenvalue weighted by Crippen LogP contribution is -2.40. The van der Waals surface area contributed by atoms with E-state index in [1.807, 2.05) is 44.3 Å². The third-order valence-electron chi connectivity index (χ3n) is 6.41. The minimum Gasteiger partial charge on any atom is -0.463 e. The average Bonchev–Trinajstić information content (AvgIpc) is 3.32. The monoisotopic (exact) mass is 493 g/mol. The summed E-state index contributed by atoms with van der Waals surface area (Å²) >= 11 is 1.32. The number of thiazole rings is 1. The number of fused-ring (bicyclic) bond motifs is 1. The van der Waals surface area contributed by atoms with Crippen LogP contribution in [0.3, 0.4) is 0 Å². The molecule has 3 heterocycles. The van der Waals surface area contributed by atoms with Crippen LogP contribution < -0.4 is 19.8 Å². The number of hydrogen-bond acceptors (Lipinski definition) is 7. The first-order valence-corrected chi connectivity index (χ1v) is 12.6. The normalized spacial score (nSPS) is 15.7. The van der Waals surface area contributed by atoms with Crippen LogP contribution in [0, 0.1) is 6.92 Å². The molecule has 0 amide bonds. The first-order valence-electron chi connectivity index (χ1n) is 11.8. The van der Waals surface area contributed by atoms with Gasteiger partial charge in [-0.15, -0.1) is 0 Å². The van der Waals surface area contributed by atoms with Gasteiger partial charge < -0.3 is 9.64 Å². The molecule has 1 atom stereocenters. The summed E-state index contributed by atoms with van der Waals surface area (Å²) in [6.07, 6.45) is 3.59. The zero-order valence-electron chi connectivity index (χ0n) is 21.0. The molecule has 3 aromatic rings. The highest BCUT2D eigenvalue weighted by molar-refractivity contribution is 7.07. The van der Waals surface area contributed by atoms with Crippen molar-refractivity contribution in [3.05, 3.63) is 78.2 Å². The number of nitrogens with zero attached hydrogens (tertiary/aromatic N) is 5. The molecular formula is C26H31N5O3S. The molecule has 0 saturated heterocycles. The number of esters is 1. The molecule has 1 aromatic carbocycles. The van der Waals surface area contributed by atoms with Crippen molar-refractivity contribution in [1.82, 2.24) is 14.3 Å². The molecule has 1 aliphatic rings. The highest BCUT2D eigenvalue weighted by Crippen LogP contribution is 2.31. The van der Waals surface area contributed by atoms with Gasteiger partial charge >= 0.3 is 5.97 Å². The van der Waals surface area contributed by atoms with E-state index >= 15 is 0 Å². The van der Waals surface area contributed by atoms with Crippen LogP contribution in [-0.2, 0) is 16.6 Å². The van der Waals surface area contributed by atoms with Gasteiger partial charge in [0.05, 0.1) is 34.6 Å². The number of anilines is 1. The summed E-state index contributed by atoms with van der Waals surface area (Å²) in [7, 11) is 1.87. The van der Waals surface area contributed by atoms with Crippen LogP contribution in [-0.4, -0.2) is 40.0 Å². The Bertz CT molecular complexity index is 1460. The number of carbonyl (C=O) groups excluding carboxylic acids is 1. The van der Waals surface area contributed by atoms with Gasteiger partial charge in [0.25, 0.3) is 5.56 Å². The summed E-state index contributed by atoms with van der Waals surface area (Å²) in [6, 6.07) is 7.43. The minimum atomic E-state index is -0.617. The van der Waals surface area contributed by atoms with Gasteiger partial charge in [-0.3, -0.25) is 14.0 Å². The Morgan fingerprint density at radius 3 is 2.43 bits per heavy atom. The van der Waals surface area contributed by atoms with E-state index in [1.54, 1.807) is 29.3 Å². The molecule has 9 heteroatoms. The molecule has 0 saturated carbocycles. The second-order valence-electron chi connectivity index (χ2n) is 8.38. The van der Waals surface area contributed by atoms with E-state index in [2.05, 4.69) is 28.8 Å². The molecular weight excluding hydrogens is 462 g/mol. The van der Waals surface area contributed by atoms with Crippen LogP contribution in [0.25, 0.3) is 6.08 Å². The van der Waals surface area contributed by atoms with Crippen LogP contribution >= 0.6 is 11.3 Å². The number of rotatable bonds is 7. The van der Waals surface area contributed by atoms with Crippen molar-refractivity contribution < 1.29 is 9.53 Å². The van der Waals surface area contributed by atoms with E-state index in [4.69, 9.17) is 4.74 Å². The van der Waals surface area contributed by atoms with Crippen molar-refractivity contribution in [1.29, 1.82) is 0 Å². The quantitative estimate of drug-likeness (QED) is 0.473. The van der Waals surface area contributed by atoms with Crippen LogP contribution in [0.1, 0.15) is 50.6 Å². The Kier molecular flexibility index (Phi) is 7.07. The van der Waals surface area contributed by atoms with Crippen LogP contribution in [0.2, 0.25) is 0 Å². The van der Waals surface area contributed by atoms with Crippen molar-refractivity contribution in [2.45, 2.75) is 40.7 Å². The lowest BCUT2D eigenvalue weighted by atomic mass is 9.95. The smallest absolute Gasteiger partial charge is 0.338 e. The molecule has 0 unspecified atom stereocenters. The molecule has 0 fully saturated rings. The van der Waals surface area contributed by atoms with Crippen molar-refractivity contribution in [2.24, 2.45) is 12.0 Å². The fraction of sp³-hybridized carbons (Fsp3) is 0.385. The minimum absolute atomic E-state index is 0.191. The van der Waals surface area contributed by atoms with E-state index in [0.29, 0.717) is 20.6 Å². The first-order chi connectivity index (χ1) is 16.8. The highest BCUT2D eigenvalue weighted by Gasteiger charge is 2.33. The Morgan fingerprint density at radius 2 is 1.86 bits per heavy atom. The number of hydrogen-bond donors (Lipinski definition) is 0. The van der Waals surface area contributed by atoms with E-state index < -0.39 is 12.0 Å². The molecule has 8 nitrogen and oxygen atoms in total. The van der Waals surface area contributed by atoms with Crippen LogP contribution in [0.15, 0.2) is 51.5 Å². The van der Waals surface area contributed by atoms with Gasteiger partial charge in [0.2, 0.25) is 0 Å². The summed E-state index contributed by atoms with van der Waals surface area (Å²) in [5, 5.41) is 4.27. The Hall–Kier alpha value is -3.46. The topological polar surface area (TPSA) is 81.7 Å². The molecule has 35 heavy (non-hydrogen) atoms. The SMILES string of the molecule is CCOC(=O)C1=C(C)N=c2s/c(=C/c3cnn(C)c3C)c(=O)n2[C@@H]1c1ccc(N(CC)CC)cc1. The predicted octanol–water partition coefficient (Wildman–Crippen LogP) is 2.69. The van der Waals surface area contributed by atoms with Crippen molar-refractivity contribution >= 4 is 29.1 Å². The van der Waals surface area contributed by atoms with Crippen molar-refractivity contribution in [2.75, 3.05) is 24.6 Å². The Morgan fingerprint density at radius 1 is 1.17 bits per heavy atom. The molecule has 184 valence electrons. The molecule has 0 N–H and O–H groups in total. The maximum Gasteiger partial charge on any atom is 0.338 e. The molecule has 0 radical (unpaired) electrons. The molecule has 1 aliphatic heterocycles. The van der Waals surface area contributed by atoms with Gasteiger partial charge in [-0.1, -0.05) is 23.5 Å². The van der Waals surface area contributed by atoms with Crippen LogP contribution in [0.4, 0.5) is 5.69 Å². The lowest BCUT2D eigenvalue weighted by Gasteiger charge is -2.26. The second-order valence-corrected chi connectivity index (χ2v) is 9.38.